The second-order valence-corrected chi connectivity index (χ2v) is 8.14. The number of Topliss-reactive ketones (excluding diaryl/α,β-unsaturated/α-hetero) is 1. The fourth-order valence-electron chi connectivity index (χ4n) is 4.22. The Bertz CT molecular complexity index is 597. The van der Waals surface area contributed by atoms with Crippen molar-refractivity contribution >= 4 is 17.8 Å². The van der Waals surface area contributed by atoms with Gasteiger partial charge in [0.2, 0.25) is 0 Å². The lowest BCUT2D eigenvalue weighted by Gasteiger charge is -2.40. The quantitative estimate of drug-likeness (QED) is 0.557. The number of rotatable bonds is 2. The Labute approximate surface area is 148 Å². The lowest BCUT2D eigenvalue weighted by Crippen LogP contribution is -2.54. The van der Waals surface area contributed by atoms with Gasteiger partial charge in [0.05, 0.1) is 12.2 Å². The smallest absolute Gasteiger partial charge is 0.410 e. The van der Waals surface area contributed by atoms with Gasteiger partial charge in [-0.2, -0.15) is 0 Å². The van der Waals surface area contributed by atoms with Crippen LogP contribution in [0.15, 0.2) is 0 Å². The summed E-state index contributed by atoms with van der Waals surface area (Å²) in [6.45, 7) is 9.53. The molecule has 7 heteroatoms. The molecule has 25 heavy (non-hydrogen) atoms. The third-order valence-corrected chi connectivity index (χ3v) is 5.25. The van der Waals surface area contributed by atoms with Crippen molar-refractivity contribution in [3.63, 3.8) is 0 Å². The third kappa shape index (κ3) is 3.03. The number of ketones is 1. The van der Waals surface area contributed by atoms with E-state index >= 15 is 0 Å². The summed E-state index contributed by atoms with van der Waals surface area (Å²) in [7, 11) is 0. The van der Waals surface area contributed by atoms with E-state index in [0.717, 1.165) is 6.42 Å². The molecule has 2 heterocycles. The monoisotopic (exact) mass is 353 g/mol. The van der Waals surface area contributed by atoms with Crippen LogP contribution in [0.25, 0.3) is 0 Å². The highest BCUT2D eigenvalue weighted by Crippen LogP contribution is 2.57. The van der Waals surface area contributed by atoms with Gasteiger partial charge < -0.3 is 19.1 Å². The maximum Gasteiger partial charge on any atom is 0.410 e. The van der Waals surface area contributed by atoms with Crippen LogP contribution in [0.4, 0.5) is 4.79 Å². The molecule has 3 aliphatic rings. The highest BCUT2D eigenvalue weighted by molar-refractivity contribution is 6.04. The molecule has 0 aromatic heterocycles. The maximum atomic E-state index is 12.5. The zero-order chi connectivity index (χ0) is 18.6. The fourth-order valence-corrected chi connectivity index (χ4v) is 4.22. The Balaban J connectivity index is 1.78. The average Bonchev–Trinajstić information content (AvgIpc) is 3.22. The Hall–Kier alpha value is -1.63. The highest BCUT2D eigenvalue weighted by Gasteiger charge is 2.70. The Morgan fingerprint density at radius 1 is 1.36 bits per heavy atom. The number of nitrogens with zero attached hydrogens (tertiary/aromatic N) is 1. The molecule has 0 aromatic rings. The average molecular weight is 353 g/mol. The van der Waals surface area contributed by atoms with Crippen LogP contribution >= 0.6 is 0 Å². The molecule has 3 fully saturated rings. The van der Waals surface area contributed by atoms with Crippen molar-refractivity contribution in [3.05, 3.63) is 0 Å². The molecule has 0 bridgehead atoms. The Morgan fingerprint density at radius 3 is 2.64 bits per heavy atom. The highest BCUT2D eigenvalue weighted by atomic mass is 16.6. The SMILES string of the molecule is CCOC(=O)C1C(=O)C(C)OC12CCN(C(=O)OC(C)(C)C)C1CC12. The van der Waals surface area contributed by atoms with E-state index in [2.05, 4.69) is 0 Å². The Kier molecular flexibility index (Phi) is 4.34. The molecule has 0 N–H and O–H groups in total. The fraction of sp³-hybridized carbons (Fsp3) is 0.833. The molecule has 3 rings (SSSR count). The molecule has 5 unspecified atom stereocenters. The van der Waals surface area contributed by atoms with E-state index in [1.807, 2.05) is 20.8 Å². The van der Waals surface area contributed by atoms with Gasteiger partial charge in [-0.05, 0) is 47.5 Å². The summed E-state index contributed by atoms with van der Waals surface area (Å²) in [5.74, 6) is -1.64. The van der Waals surface area contributed by atoms with Crippen molar-refractivity contribution in [2.24, 2.45) is 11.8 Å². The van der Waals surface area contributed by atoms with E-state index in [1.165, 1.54) is 0 Å². The van der Waals surface area contributed by atoms with Crippen molar-refractivity contribution in [3.8, 4) is 0 Å². The predicted molar refractivity (Wildman–Crippen MR) is 87.9 cm³/mol. The van der Waals surface area contributed by atoms with Gasteiger partial charge in [0.1, 0.15) is 17.6 Å². The lowest BCUT2D eigenvalue weighted by atomic mass is 9.77. The van der Waals surface area contributed by atoms with Gasteiger partial charge in [0, 0.05) is 18.5 Å². The lowest BCUT2D eigenvalue weighted by molar-refractivity contribution is -0.161. The number of hydrogen-bond donors (Lipinski definition) is 0. The zero-order valence-corrected chi connectivity index (χ0v) is 15.5. The van der Waals surface area contributed by atoms with E-state index in [1.54, 1.807) is 18.7 Å². The molecular weight excluding hydrogens is 326 g/mol. The summed E-state index contributed by atoms with van der Waals surface area (Å²) in [6, 6.07) is -0.0429. The summed E-state index contributed by atoms with van der Waals surface area (Å²) in [5, 5.41) is 0. The van der Waals surface area contributed by atoms with E-state index in [9.17, 15) is 14.4 Å². The first-order chi connectivity index (χ1) is 11.6. The van der Waals surface area contributed by atoms with E-state index in [-0.39, 0.29) is 30.4 Å². The van der Waals surface area contributed by atoms with Gasteiger partial charge in [0.15, 0.2) is 5.78 Å². The first-order valence-electron chi connectivity index (χ1n) is 8.98. The van der Waals surface area contributed by atoms with Gasteiger partial charge in [-0.1, -0.05) is 0 Å². The zero-order valence-electron chi connectivity index (χ0n) is 15.5. The van der Waals surface area contributed by atoms with E-state index in [0.29, 0.717) is 13.0 Å². The molecule has 0 aromatic carbocycles. The number of carbonyl (C=O) groups excluding carboxylic acids is 3. The first kappa shape index (κ1) is 18.2. The molecule has 1 saturated carbocycles. The van der Waals surface area contributed by atoms with Crippen LogP contribution < -0.4 is 0 Å². The van der Waals surface area contributed by atoms with Crippen LogP contribution in [0.2, 0.25) is 0 Å². The molecule has 2 saturated heterocycles. The summed E-state index contributed by atoms with van der Waals surface area (Å²) >= 11 is 0. The van der Waals surface area contributed by atoms with Crippen molar-refractivity contribution in [1.29, 1.82) is 0 Å². The largest absolute Gasteiger partial charge is 0.465 e. The van der Waals surface area contributed by atoms with Crippen molar-refractivity contribution in [2.45, 2.75) is 70.8 Å². The number of hydrogen-bond acceptors (Lipinski definition) is 6. The molecule has 1 aliphatic carbocycles. The maximum absolute atomic E-state index is 12.5. The molecule has 140 valence electrons. The summed E-state index contributed by atoms with van der Waals surface area (Å²) in [6.07, 6.45) is 0.186. The van der Waals surface area contributed by atoms with Crippen LogP contribution in [0, 0.1) is 11.8 Å². The number of likely N-dealkylation sites (tertiary alicyclic amines) is 1. The van der Waals surface area contributed by atoms with E-state index < -0.39 is 29.2 Å². The number of piperidine rings is 1. The number of fused-ring (bicyclic) bond motifs is 2. The van der Waals surface area contributed by atoms with Gasteiger partial charge in [-0.15, -0.1) is 0 Å². The van der Waals surface area contributed by atoms with Gasteiger partial charge >= 0.3 is 12.1 Å². The normalized spacial score (nSPS) is 37.0. The summed E-state index contributed by atoms with van der Waals surface area (Å²) < 4.78 is 16.6. The van der Waals surface area contributed by atoms with E-state index in [4.69, 9.17) is 14.2 Å². The van der Waals surface area contributed by atoms with Gasteiger partial charge in [0.25, 0.3) is 0 Å². The molecule has 2 aliphatic heterocycles. The minimum Gasteiger partial charge on any atom is -0.465 e. The van der Waals surface area contributed by atoms with Crippen LogP contribution in [-0.4, -0.2) is 59.2 Å². The van der Waals surface area contributed by atoms with Crippen molar-refractivity contribution in [1.82, 2.24) is 4.90 Å². The van der Waals surface area contributed by atoms with Gasteiger partial charge in [-0.3, -0.25) is 9.59 Å². The molecule has 1 amide bonds. The molecule has 1 spiro atoms. The number of carbonyl (C=O) groups is 3. The second kappa shape index (κ2) is 5.97. The molecule has 0 radical (unpaired) electrons. The van der Waals surface area contributed by atoms with Crippen LogP contribution in [0.5, 0.6) is 0 Å². The number of amides is 1. The minimum absolute atomic E-state index is 0.0305. The summed E-state index contributed by atoms with van der Waals surface area (Å²) in [5.41, 5.74) is -1.40. The second-order valence-electron chi connectivity index (χ2n) is 8.14. The molecule has 7 nitrogen and oxygen atoms in total. The standard InChI is InChI=1S/C18H27NO6/c1-6-23-15(21)13-14(20)10(2)24-18(13)7-8-19(12-9-11(12)18)16(22)25-17(3,4)5/h10-13H,6-9H2,1-5H3. The van der Waals surface area contributed by atoms with Crippen molar-refractivity contribution < 1.29 is 28.6 Å². The number of esters is 1. The predicted octanol–water partition coefficient (Wildman–Crippen LogP) is 1.92. The Morgan fingerprint density at radius 2 is 2.04 bits per heavy atom. The van der Waals surface area contributed by atoms with Crippen molar-refractivity contribution in [2.75, 3.05) is 13.2 Å². The third-order valence-electron chi connectivity index (χ3n) is 5.25. The number of ether oxygens (including phenoxy) is 3. The van der Waals surface area contributed by atoms with Crippen LogP contribution in [-0.2, 0) is 23.8 Å². The first-order valence-corrected chi connectivity index (χ1v) is 8.98. The van der Waals surface area contributed by atoms with Crippen LogP contribution in [0.1, 0.15) is 47.5 Å². The molecule has 5 atom stereocenters. The minimum atomic E-state index is -0.891. The summed E-state index contributed by atoms with van der Waals surface area (Å²) in [4.78, 5) is 39.1. The van der Waals surface area contributed by atoms with Crippen LogP contribution in [0.3, 0.4) is 0 Å². The van der Waals surface area contributed by atoms with Gasteiger partial charge in [-0.25, -0.2) is 4.79 Å². The molecular formula is C18H27NO6. The topological polar surface area (TPSA) is 82.1 Å².